The number of benzene rings is 1. The number of carboxylic acids is 2. The number of aromatic nitrogens is 2. The number of nitrogens with zero attached hydrogens (tertiary/aromatic N) is 4. The zero-order chi connectivity index (χ0) is 22.0. The Bertz CT molecular complexity index is 1090. The van der Waals surface area contributed by atoms with Gasteiger partial charge in [-0.1, -0.05) is 22.0 Å². The third-order valence-corrected chi connectivity index (χ3v) is 6.11. The highest BCUT2D eigenvalue weighted by molar-refractivity contribution is 9.10. The number of piperazine rings is 1. The van der Waals surface area contributed by atoms with Crippen molar-refractivity contribution in [1.82, 2.24) is 14.5 Å². The summed E-state index contributed by atoms with van der Waals surface area (Å²) in [5, 5.41) is 20.0. The highest BCUT2D eigenvalue weighted by atomic mass is 79.9. The molecule has 0 aliphatic carbocycles. The first kappa shape index (κ1) is 21.3. The van der Waals surface area contributed by atoms with Crippen molar-refractivity contribution in [2.75, 3.05) is 31.1 Å². The van der Waals surface area contributed by atoms with Gasteiger partial charge in [0.25, 0.3) is 0 Å². The Labute approximate surface area is 187 Å². The second-order valence-electron chi connectivity index (χ2n) is 7.53. The molecule has 1 atom stereocenters. The van der Waals surface area contributed by atoms with E-state index in [1.54, 1.807) is 12.4 Å². The first-order chi connectivity index (χ1) is 14.9. The smallest absolute Gasteiger partial charge is 0.325 e. The molecule has 3 heterocycles. The van der Waals surface area contributed by atoms with Gasteiger partial charge in [-0.25, -0.2) is 4.98 Å². The second-order valence-corrected chi connectivity index (χ2v) is 8.45. The number of pyridine rings is 1. The molecular formula is C22H23BrN4O4. The molecule has 0 bridgehead atoms. The third-order valence-electron chi connectivity index (χ3n) is 5.62. The van der Waals surface area contributed by atoms with E-state index in [1.807, 2.05) is 45.9 Å². The molecule has 2 aromatic heterocycles. The molecule has 1 saturated heterocycles. The van der Waals surface area contributed by atoms with Crippen LogP contribution in [-0.2, 0) is 16.1 Å². The van der Waals surface area contributed by atoms with Gasteiger partial charge < -0.3 is 19.7 Å². The number of aryl methyl sites for hydroxylation is 1. The van der Waals surface area contributed by atoms with Crippen molar-refractivity contribution in [3.63, 3.8) is 0 Å². The lowest BCUT2D eigenvalue weighted by Crippen LogP contribution is -2.49. The standard InChI is InChI=1S/C22H23BrN4O4/c23-15-4-5-18-16(13-15)17(14-27(18)8-6-20(28)29)21(22(30)31)26-11-9-25(10-12-26)19-3-1-2-7-24-19/h1-5,7,13-14,21H,6,8-12H2,(H,28,29)(H,30,31)/t21-/m1/s1. The summed E-state index contributed by atoms with van der Waals surface area (Å²) in [5.74, 6) is -0.910. The molecule has 0 amide bonds. The van der Waals surface area contributed by atoms with Crippen LogP contribution in [-0.4, -0.2) is 62.8 Å². The Morgan fingerprint density at radius 1 is 1.10 bits per heavy atom. The van der Waals surface area contributed by atoms with Gasteiger partial charge in [0.1, 0.15) is 11.9 Å². The molecule has 0 unspecified atom stereocenters. The number of rotatable bonds is 7. The molecule has 0 spiro atoms. The zero-order valence-corrected chi connectivity index (χ0v) is 18.4. The summed E-state index contributed by atoms with van der Waals surface area (Å²) in [6, 6.07) is 10.6. The highest BCUT2D eigenvalue weighted by Crippen LogP contribution is 2.33. The van der Waals surface area contributed by atoms with Gasteiger partial charge >= 0.3 is 11.9 Å². The van der Waals surface area contributed by atoms with Crippen molar-refractivity contribution in [3.8, 4) is 0 Å². The van der Waals surface area contributed by atoms with Crippen LogP contribution in [0.15, 0.2) is 53.3 Å². The Kier molecular flexibility index (Phi) is 6.24. The van der Waals surface area contributed by atoms with Gasteiger partial charge in [-0.05, 0) is 30.3 Å². The molecule has 4 rings (SSSR count). The average molecular weight is 487 g/mol. The fraction of sp³-hybridized carbons (Fsp3) is 0.318. The predicted molar refractivity (Wildman–Crippen MR) is 120 cm³/mol. The van der Waals surface area contributed by atoms with Crippen LogP contribution in [0.2, 0.25) is 0 Å². The maximum absolute atomic E-state index is 12.4. The SMILES string of the molecule is O=C(O)CCn1cc([C@H](C(=O)O)N2CCN(c3ccccn3)CC2)c2cc(Br)ccc21. The van der Waals surface area contributed by atoms with Crippen molar-refractivity contribution in [3.05, 3.63) is 58.8 Å². The van der Waals surface area contributed by atoms with Crippen LogP contribution >= 0.6 is 15.9 Å². The topological polar surface area (TPSA) is 98.9 Å². The summed E-state index contributed by atoms with van der Waals surface area (Å²) >= 11 is 3.48. The van der Waals surface area contributed by atoms with Crippen LogP contribution in [0, 0.1) is 0 Å². The molecule has 1 fully saturated rings. The fourth-order valence-corrected chi connectivity index (χ4v) is 4.51. The Morgan fingerprint density at radius 2 is 1.87 bits per heavy atom. The number of carbonyl (C=O) groups is 2. The lowest BCUT2D eigenvalue weighted by Gasteiger charge is -2.38. The van der Waals surface area contributed by atoms with E-state index < -0.39 is 18.0 Å². The molecule has 1 aliphatic heterocycles. The molecule has 3 aromatic rings. The van der Waals surface area contributed by atoms with Crippen molar-refractivity contribution in [2.24, 2.45) is 0 Å². The minimum Gasteiger partial charge on any atom is -0.481 e. The molecule has 31 heavy (non-hydrogen) atoms. The van der Waals surface area contributed by atoms with Crippen molar-refractivity contribution < 1.29 is 19.8 Å². The van der Waals surface area contributed by atoms with Gasteiger partial charge in [-0.15, -0.1) is 0 Å². The lowest BCUT2D eigenvalue weighted by atomic mass is 10.0. The number of carboxylic acid groups (broad SMARTS) is 2. The summed E-state index contributed by atoms with van der Waals surface area (Å²) in [6.07, 6.45) is 3.52. The van der Waals surface area contributed by atoms with E-state index in [2.05, 4.69) is 25.8 Å². The third kappa shape index (κ3) is 4.57. The van der Waals surface area contributed by atoms with Crippen molar-refractivity contribution >= 4 is 44.6 Å². The number of fused-ring (bicyclic) bond motifs is 1. The highest BCUT2D eigenvalue weighted by Gasteiger charge is 2.33. The predicted octanol–water partition coefficient (Wildman–Crippen LogP) is 3.22. The van der Waals surface area contributed by atoms with Crippen LogP contribution in [0.4, 0.5) is 5.82 Å². The summed E-state index contributed by atoms with van der Waals surface area (Å²) in [4.78, 5) is 32.0. The average Bonchev–Trinajstić information content (AvgIpc) is 3.10. The minimum absolute atomic E-state index is 0.0280. The quantitative estimate of drug-likeness (QED) is 0.528. The van der Waals surface area contributed by atoms with Crippen LogP contribution in [0.25, 0.3) is 10.9 Å². The molecule has 2 N–H and O–H groups in total. The van der Waals surface area contributed by atoms with Crippen molar-refractivity contribution in [2.45, 2.75) is 19.0 Å². The molecule has 0 saturated carbocycles. The van der Waals surface area contributed by atoms with E-state index in [9.17, 15) is 14.7 Å². The van der Waals surface area contributed by atoms with E-state index in [0.717, 1.165) is 21.2 Å². The van der Waals surface area contributed by atoms with Gasteiger partial charge in [-0.3, -0.25) is 14.5 Å². The monoisotopic (exact) mass is 486 g/mol. The molecule has 1 aliphatic rings. The van der Waals surface area contributed by atoms with Crippen molar-refractivity contribution in [1.29, 1.82) is 0 Å². The van der Waals surface area contributed by atoms with Gasteiger partial charge in [0.05, 0.1) is 6.42 Å². The van der Waals surface area contributed by atoms with E-state index in [0.29, 0.717) is 31.7 Å². The first-order valence-corrected chi connectivity index (χ1v) is 10.9. The minimum atomic E-state index is -0.913. The number of aliphatic carboxylic acids is 2. The normalized spacial score (nSPS) is 15.8. The molecule has 8 nitrogen and oxygen atoms in total. The first-order valence-electron chi connectivity index (χ1n) is 10.1. The maximum atomic E-state index is 12.4. The molecular weight excluding hydrogens is 464 g/mol. The second kappa shape index (κ2) is 9.07. The summed E-state index contributed by atoms with van der Waals surface area (Å²) in [6.45, 7) is 2.82. The van der Waals surface area contributed by atoms with Crippen LogP contribution in [0.5, 0.6) is 0 Å². The maximum Gasteiger partial charge on any atom is 0.325 e. The van der Waals surface area contributed by atoms with E-state index in [1.165, 1.54) is 0 Å². The van der Waals surface area contributed by atoms with Crippen LogP contribution < -0.4 is 4.90 Å². The van der Waals surface area contributed by atoms with E-state index in [4.69, 9.17) is 5.11 Å². The Morgan fingerprint density at radius 3 is 2.52 bits per heavy atom. The Balaban J connectivity index is 1.63. The van der Waals surface area contributed by atoms with E-state index in [-0.39, 0.29) is 13.0 Å². The van der Waals surface area contributed by atoms with E-state index >= 15 is 0 Å². The number of anilines is 1. The zero-order valence-electron chi connectivity index (χ0n) is 16.8. The van der Waals surface area contributed by atoms with Crippen LogP contribution in [0.3, 0.4) is 0 Å². The van der Waals surface area contributed by atoms with Crippen LogP contribution in [0.1, 0.15) is 18.0 Å². The molecule has 1 aromatic carbocycles. The number of hydrogen-bond donors (Lipinski definition) is 2. The number of halogens is 1. The fourth-order valence-electron chi connectivity index (χ4n) is 4.15. The molecule has 9 heteroatoms. The molecule has 162 valence electrons. The van der Waals surface area contributed by atoms with Gasteiger partial charge in [0.2, 0.25) is 0 Å². The number of hydrogen-bond acceptors (Lipinski definition) is 5. The van der Waals surface area contributed by atoms with Gasteiger partial charge in [0, 0.05) is 66.1 Å². The Hall–Kier alpha value is -2.91. The summed E-state index contributed by atoms with van der Waals surface area (Å²) in [5.41, 5.74) is 1.51. The molecule has 0 radical (unpaired) electrons. The van der Waals surface area contributed by atoms with Gasteiger partial charge in [-0.2, -0.15) is 0 Å². The summed E-state index contributed by atoms with van der Waals surface area (Å²) in [7, 11) is 0. The van der Waals surface area contributed by atoms with Gasteiger partial charge in [0.15, 0.2) is 0 Å². The largest absolute Gasteiger partial charge is 0.481 e. The summed E-state index contributed by atoms with van der Waals surface area (Å²) < 4.78 is 2.69. The lowest BCUT2D eigenvalue weighted by molar-refractivity contribution is -0.143.